The number of halogens is 1. The minimum Gasteiger partial charge on any atom is -0.529 e. The molecule has 3 nitrogen and oxygen atoms in total. The van der Waals surface area contributed by atoms with Gasteiger partial charge in [-0.3, -0.25) is 0 Å². The zero-order chi connectivity index (χ0) is 10.1. The molecule has 13 heavy (non-hydrogen) atoms. The molecule has 5 heteroatoms. The van der Waals surface area contributed by atoms with E-state index >= 15 is 0 Å². The summed E-state index contributed by atoms with van der Waals surface area (Å²) < 4.78 is 18.5. The van der Waals surface area contributed by atoms with Crippen LogP contribution < -0.4 is 4.43 Å². The molecule has 0 aliphatic heterocycles. The summed E-state index contributed by atoms with van der Waals surface area (Å²) in [5.41, 5.74) is 0. The topological polar surface area (TPSA) is 35.0 Å². The van der Waals surface area contributed by atoms with Gasteiger partial charge >= 0.3 is 0 Å². The maximum Gasteiger partial charge on any atom is 0.244 e. The minimum absolute atomic E-state index is 0.0756. The Morgan fingerprint density at radius 2 is 2.00 bits per heavy atom. The lowest BCUT2D eigenvalue weighted by atomic mass is 10.5. The first-order chi connectivity index (χ1) is 5.88. The van der Waals surface area contributed by atoms with E-state index in [2.05, 4.69) is 9.97 Å². The van der Waals surface area contributed by atoms with Gasteiger partial charge in [0, 0.05) is 0 Å². The molecule has 72 valence electrons. The Bertz CT molecular complexity index is 312. The second-order valence-corrected chi connectivity index (χ2v) is 8.21. The van der Waals surface area contributed by atoms with Gasteiger partial charge in [0.1, 0.15) is 5.82 Å². The van der Waals surface area contributed by atoms with E-state index in [9.17, 15) is 4.39 Å². The molecule has 0 aliphatic rings. The third-order valence-electron chi connectivity index (χ3n) is 1.24. The normalized spacial score (nSPS) is 11.5. The van der Waals surface area contributed by atoms with E-state index in [-0.39, 0.29) is 5.88 Å². The highest BCUT2D eigenvalue weighted by Crippen LogP contribution is 2.16. The van der Waals surface area contributed by atoms with Gasteiger partial charge < -0.3 is 4.43 Å². The van der Waals surface area contributed by atoms with Crippen LogP contribution >= 0.6 is 0 Å². The number of nitrogens with zero attached hydrogens (tertiary/aromatic N) is 2. The zero-order valence-corrected chi connectivity index (χ0v) is 9.26. The van der Waals surface area contributed by atoms with E-state index in [1.165, 1.54) is 0 Å². The molecule has 1 aromatic heterocycles. The lowest BCUT2D eigenvalue weighted by molar-refractivity contribution is 0.468. The van der Waals surface area contributed by atoms with E-state index in [1.54, 1.807) is 6.92 Å². The number of rotatable bonds is 2. The minimum atomic E-state index is -1.78. The first-order valence-corrected chi connectivity index (χ1v) is 7.47. The largest absolute Gasteiger partial charge is 0.529 e. The van der Waals surface area contributed by atoms with Gasteiger partial charge in [-0.2, -0.15) is 9.37 Å². The molecular formula is C8H13FN2OSi. The summed E-state index contributed by atoms with van der Waals surface area (Å²) in [6.07, 6.45) is 1.14. The summed E-state index contributed by atoms with van der Waals surface area (Å²) in [4.78, 5) is 7.60. The van der Waals surface area contributed by atoms with Crippen molar-refractivity contribution in [2.75, 3.05) is 0 Å². The molecule has 0 bridgehead atoms. The third-order valence-corrected chi connectivity index (χ3v) is 2.04. The highest BCUT2D eigenvalue weighted by molar-refractivity contribution is 6.70. The quantitative estimate of drug-likeness (QED) is 0.686. The predicted molar refractivity (Wildman–Crippen MR) is 50.7 cm³/mol. The fourth-order valence-electron chi connectivity index (χ4n) is 0.796. The van der Waals surface area contributed by atoms with Crippen molar-refractivity contribution in [2.45, 2.75) is 26.6 Å². The number of hydrogen-bond donors (Lipinski definition) is 0. The summed E-state index contributed by atoms with van der Waals surface area (Å²) in [6.45, 7) is 7.63. The molecular weight excluding hydrogens is 187 g/mol. The molecule has 0 N–H and O–H groups in total. The summed E-state index contributed by atoms with van der Waals surface area (Å²) in [7, 11) is -1.78. The molecule has 0 saturated carbocycles. The van der Waals surface area contributed by atoms with E-state index in [0.29, 0.717) is 5.82 Å². The van der Waals surface area contributed by atoms with Gasteiger partial charge in [-0.15, -0.1) is 0 Å². The molecule has 0 unspecified atom stereocenters. The summed E-state index contributed by atoms with van der Waals surface area (Å²) in [5, 5.41) is 0. The average Bonchev–Trinajstić information content (AvgIpc) is 1.94. The van der Waals surface area contributed by atoms with Crippen LogP contribution in [0.2, 0.25) is 19.6 Å². The molecule has 0 aliphatic carbocycles. The molecule has 1 rings (SSSR count). The van der Waals surface area contributed by atoms with E-state index in [1.807, 2.05) is 19.6 Å². The molecule has 0 spiro atoms. The van der Waals surface area contributed by atoms with Crippen molar-refractivity contribution in [3.05, 3.63) is 17.8 Å². The molecule has 0 amide bonds. The average molecular weight is 200 g/mol. The molecule has 0 saturated heterocycles. The van der Waals surface area contributed by atoms with Crippen molar-refractivity contribution < 1.29 is 8.82 Å². The van der Waals surface area contributed by atoms with E-state index in [4.69, 9.17) is 4.43 Å². The van der Waals surface area contributed by atoms with Gasteiger partial charge in [-0.25, -0.2) is 4.98 Å². The second kappa shape index (κ2) is 3.41. The third kappa shape index (κ3) is 3.10. The summed E-state index contributed by atoms with van der Waals surface area (Å²) >= 11 is 0. The van der Waals surface area contributed by atoms with Gasteiger partial charge in [0.2, 0.25) is 20.0 Å². The Labute approximate surface area is 78.1 Å². The van der Waals surface area contributed by atoms with Crippen molar-refractivity contribution in [1.29, 1.82) is 0 Å². The SMILES string of the molecule is Cc1ncc(F)c(O[Si](C)(C)C)n1. The molecule has 1 aromatic rings. The van der Waals surface area contributed by atoms with Crippen molar-refractivity contribution in [1.82, 2.24) is 9.97 Å². The number of hydrogen-bond acceptors (Lipinski definition) is 3. The van der Waals surface area contributed by atoms with Crippen LogP contribution in [0, 0.1) is 12.7 Å². The van der Waals surface area contributed by atoms with Crippen LogP contribution in [0.15, 0.2) is 6.20 Å². The Kier molecular flexibility index (Phi) is 2.65. The monoisotopic (exact) mass is 200 g/mol. The molecule has 0 radical (unpaired) electrons. The van der Waals surface area contributed by atoms with Crippen LogP contribution in [0.4, 0.5) is 4.39 Å². The highest BCUT2D eigenvalue weighted by atomic mass is 28.4. The van der Waals surface area contributed by atoms with Crippen LogP contribution in [0.3, 0.4) is 0 Å². The van der Waals surface area contributed by atoms with Crippen molar-refractivity contribution >= 4 is 8.32 Å². The Balaban J connectivity index is 2.94. The van der Waals surface area contributed by atoms with Crippen LogP contribution in [0.25, 0.3) is 0 Å². The van der Waals surface area contributed by atoms with E-state index < -0.39 is 14.1 Å². The van der Waals surface area contributed by atoms with Gasteiger partial charge in [-0.1, -0.05) is 0 Å². The maximum atomic E-state index is 13.1. The fraction of sp³-hybridized carbons (Fsp3) is 0.500. The highest BCUT2D eigenvalue weighted by Gasteiger charge is 2.19. The van der Waals surface area contributed by atoms with Crippen LogP contribution in [-0.4, -0.2) is 18.3 Å². The first-order valence-electron chi connectivity index (χ1n) is 4.06. The Morgan fingerprint density at radius 1 is 1.38 bits per heavy atom. The van der Waals surface area contributed by atoms with Crippen LogP contribution in [-0.2, 0) is 0 Å². The van der Waals surface area contributed by atoms with Gasteiger partial charge in [-0.05, 0) is 26.6 Å². The standard InChI is InChI=1S/C8H13FN2OSi/c1-6-10-5-7(9)8(11-6)12-13(2,3)4/h5H,1-4H3. The molecule has 1 heterocycles. The number of aryl methyl sites for hydroxylation is 1. The first kappa shape index (κ1) is 10.1. The predicted octanol–water partition coefficient (Wildman–Crippen LogP) is 2.14. The van der Waals surface area contributed by atoms with Gasteiger partial charge in [0.25, 0.3) is 0 Å². The molecule has 0 atom stereocenters. The van der Waals surface area contributed by atoms with Crippen molar-refractivity contribution in [3.8, 4) is 5.88 Å². The van der Waals surface area contributed by atoms with Gasteiger partial charge in [0.15, 0.2) is 0 Å². The second-order valence-electron chi connectivity index (χ2n) is 3.78. The van der Waals surface area contributed by atoms with Crippen molar-refractivity contribution in [2.24, 2.45) is 0 Å². The summed E-state index contributed by atoms with van der Waals surface area (Å²) in [6, 6.07) is 0. The smallest absolute Gasteiger partial charge is 0.244 e. The fourth-order valence-corrected chi connectivity index (χ4v) is 1.52. The van der Waals surface area contributed by atoms with Crippen LogP contribution in [0.1, 0.15) is 5.82 Å². The molecule has 0 fully saturated rings. The lowest BCUT2D eigenvalue weighted by Gasteiger charge is -2.18. The Morgan fingerprint density at radius 3 is 2.54 bits per heavy atom. The molecule has 0 aromatic carbocycles. The van der Waals surface area contributed by atoms with Crippen molar-refractivity contribution in [3.63, 3.8) is 0 Å². The zero-order valence-electron chi connectivity index (χ0n) is 8.26. The van der Waals surface area contributed by atoms with Gasteiger partial charge in [0.05, 0.1) is 6.20 Å². The Hall–Kier alpha value is -0.973. The van der Waals surface area contributed by atoms with Crippen LogP contribution in [0.5, 0.6) is 5.88 Å². The lowest BCUT2D eigenvalue weighted by Crippen LogP contribution is -2.30. The maximum absolute atomic E-state index is 13.1. The van der Waals surface area contributed by atoms with E-state index in [0.717, 1.165) is 6.20 Å². The number of aromatic nitrogens is 2. The summed E-state index contributed by atoms with van der Waals surface area (Å²) in [5.74, 6) is 0.106.